The van der Waals surface area contributed by atoms with Gasteiger partial charge in [0.1, 0.15) is 0 Å². The highest BCUT2D eigenvalue weighted by atomic mass is 16.5. The molecule has 98 valence electrons. The van der Waals surface area contributed by atoms with Crippen LogP contribution in [0.5, 0.6) is 0 Å². The molecule has 0 aliphatic heterocycles. The van der Waals surface area contributed by atoms with Crippen molar-refractivity contribution in [1.29, 1.82) is 0 Å². The quantitative estimate of drug-likeness (QED) is 0.730. The molecule has 17 heavy (non-hydrogen) atoms. The van der Waals surface area contributed by atoms with Crippen LogP contribution in [0.1, 0.15) is 33.6 Å². The van der Waals surface area contributed by atoms with E-state index in [0.29, 0.717) is 6.61 Å². The third-order valence-electron chi connectivity index (χ3n) is 3.40. The molecule has 5 heteroatoms. The van der Waals surface area contributed by atoms with Crippen LogP contribution in [-0.2, 0) is 14.3 Å². The van der Waals surface area contributed by atoms with Crippen LogP contribution in [0, 0.1) is 11.8 Å². The van der Waals surface area contributed by atoms with Crippen molar-refractivity contribution in [2.24, 2.45) is 11.8 Å². The van der Waals surface area contributed by atoms with Crippen molar-refractivity contribution in [3.05, 3.63) is 0 Å². The van der Waals surface area contributed by atoms with Gasteiger partial charge in [0.15, 0.2) is 0 Å². The van der Waals surface area contributed by atoms with E-state index in [-0.39, 0.29) is 18.1 Å². The van der Waals surface area contributed by atoms with Gasteiger partial charge in [0.05, 0.1) is 12.0 Å². The Balaban J connectivity index is 2.29. The van der Waals surface area contributed by atoms with Crippen LogP contribution >= 0.6 is 0 Å². The minimum Gasteiger partial charge on any atom is -0.481 e. The second kappa shape index (κ2) is 6.00. The topological polar surface area (TPSA) is 75.6 Å². The summed E-state index contributed by atoms with van der Waals surface area (Å²) in [7, 11) is 0. The van der Waals surface area contributed by atoms with Crippen LogP contribution in [0.15, 0.2) is 0 Å². The molecule has 0 bridgehead atoms. The number of carbonyl (C=O) groups excluding carboxylic acids is 1. The molecule has 1 fully saturated rings. The molecular weight excluding hydrogens is 222 g/mol. The van der Waals surface area contributed by atoms with Gasteiger partial charge in [-0.25, -0.2) is 0 Å². The summed E-state index contributed by atoms with van der Waals surface area (Å²) in [6.07, 6.45) is 1.90. The number of carboxylic acids is 1. The summed E-state index contributed by atoms with van der Waals surface area (Å²) in [4.78, 5) is 22.5. The second-order valence-electron chi connectivity index (χ2n) is 4.67. The van der Waals surface area contributed by atoms with Crippen molar-refractivity contribution < 1.29 is 19.4 Å². The van der Waals surface area contributed by atoms with Gasteiger partial charge in [0.25, 0.3) is 0 Å². The van der Waals surface area contributed by atoms with E-state index in [1.165, 1.54) is 0 Å². The van der Waals surface area contributed by atoms with Crippen LogP contribution in [0.25, 0.3) is 0 Å². The number of hydrogen-bond donors (Lipinski definition) is 2. The molecule has 2 N–H and O–H groups in total. The standard InChI is InChI=1S/C12H21NO4/c1-4-17-10-5-9(6-10)13-11(14)7(2)8(3)12(15)16/h7-10H,4-6H2,1-3H3,(H,13,14)(H,15,16). The summed E-state index contributed by atoms with van der Waals surface area (Å²) in [5.41, 5.74) is 0. The van der Waals surface area contributed by atoms with Crippen molar-refractivity contribution in [3.8, 4) is 0 Å². The molecule has 1 aliphatic rings. The molecule has 0 radical (unpaired) electrons. The van der Waals surface area contributed by atoms with E-state index in [1.54, 1.807) is 13.8 Å². The van der Waals surface area contributed by atoms with Crippen molar-refractivity contribution in [1.82, 2.24) is 5.32 Å². The largest absolute Gasteiger partial charge is 0.481 e. The van der Waals surface area contributed by atoms with Crippen molar-refractivity contribution in [3.63, 3.8) is 0 Å². The third kappa shape index (κ3) is 3.70. The predicted molar refractivity (Wildman–Crippen MR) is 62.5 cm³/mol. The first kappa shape index (κ1) is 14.0. The van der Waals surface area contributed by atoms with Crippen LogP contribution in [0.2, 0.25) is 0 Å². The van der Waals surface area contributed by atoms with E-state index in [0.717, 1.165) is 12.8 Å². The summed E-state index contributed by atoms with van der Waals surface area (Å²) in [5, 5.41) is 11.7. The molecule has 0 spiro atoms. The Labute approximate surface area is 102 Å². The molecule has 1 saturated carbocycles. The number of nitrogens with one attached hydrogen (secondary N) is 1. The highest BCUT2D eigenvalue weighted by Gasteiger charge is 2.33. The van der Waals surface area contributed by atoms with Gasteiger partial charge in [-0.15, -0.1) is 0 Å². The van der Waals surface area contributed by atoms with Gasteiger partial charge in [-0.3, -0.25) is 9.59 Å². The summed E-state index contributed by atoms with van der Waals surface area (Å²) in [6, 6.07) is 0.141. The SMILES string of the molecule is CCOC1CC(NC(=O)C(C)C(C)C(=O)O)C1. The van der Waals surface area contributed by atoms with Gasteiger partial charge in [0, 0.05) is 18.6 Å². The van der Waals surface area contributed by atoms with Gasteiger partial charge in [0.2, 0.25) is 5.91 Å². The Hall–Kier alpha value is -1.10. The Kier molecular flexibility index (Phi) is 4.93. The van der Waals surface area contributed by atoms with Crippen LogP contribution in [0.3, 0.4) is 0 Å². The van der Waals surface area contributed by atoms with Crippen molar-refractivity contribution in [2.45, 2.75) is 45.8 Å². The fourth-order valence-corrected chi connectivity index (χ4v) is 1.83. The lowest BCUT2D eigenvalue weighted by Crippen LogP contribution is -2.50. The van der Waals surface area contributed by atoms with E-state index >= 15 is 0 Å². The zero-order chi connectivity index (χ0) is 13.0. The van der Waals surface area contributed by atoms with Gasteiger partial charge in [-0.1, -0.05) is 13.8 Å². The van der Waals surface area contributed by atoms with E-state index in [4.69, 9.17) is 9.84 Å². The molecule has 2 unspecified atom stereocenters. The number of carboxylic acid groups (broad SMARTS) is 1. The summed E-state index contributed by atoms with van der Waals surface area (Å²) < 4.78 is 5.39. The van der Waals surface area contributed by atoms with Crippen LogP contribution in [0.4, 0.5) is 0 Å². The number of aliphatic carboxylic acids is 1. The molecule has 1 aliphatic carbocycles. The molecular formula is C12H21NO4. The number of amides is 1. The Morgan fingerprint density at radius 1 is 1.35 bits per heavy atom. The lowest BCUT2D eigenvalue weighted by molar-refractivity contribution is -0.146. The lowest BCUT2D eigenvalue weighted by atomic mass is 9.87. The molecule has 5 nitrogen and oxygen atoms in total. The predicted octanol–water partition coefficient (Wildman–Crippen LogP) is 1.03. The minimum absolute atomic E-state index is 0.141. The zero-order valence-corrected chi connectivity index (χ0v) is 10.6. The summed E-state index contributed by atoms with van der Waals surface area (Å²) in [6.45, 7) is 5.84. The highest BCUT2D eigenvalue weighted by Crippen LogP contribution is 2.24. The average molecular weight is 243 g/mol. The molecule has 1 rings (SSSR count). The first-order valence-electron chi connectivity index (χ1n) is 6.10. The molecule has 0 aromatic heterocycles. The minimum atomic E-state index is -0.937. The van der Waals surface area contributed by atoms with Gasteiger partial charge in [-0.2, -0.15) is 0 Å². The van der Waals surface area contributed by atoms with Crippen LogP contribution in [-0.4, -0.2) is 35.7 Å². The van der Waals surface area contributed by atoms with E-state index < -0.39 is 17.8 Å². The normalized spacial score (nSPS) is 26.8. The smallest absolute Gasteiger partial charge is 0.307 e. The van der Waals surface area contributed by atoms with Gasteiger partial charge >= 0.3 is 5.97 Å². The highest BCUT2D eigenvalue weighted by molar-refractivity contribution is 5.84. The summed E-state index contributed by atoms with van der Waals surface area (Å²) >= 11 is 0. The maximum Gasteiger partial charge on any atom is 0.307 e. The lowest BCUT2D eigenvalue weighted by Gasteiger charge is -2.36. The van der Waals surface area contributed by atoms with E-state index in [9.17, 15) is 9.59 Å². The molecule has 0 heterocycles. The Morgan fingerprint density at radius 2 is 1.94 bits per heavy atom. The average Bonchev–Trinajstić information content (AvgIpc) is 2.23. The Morgan fingerprint density at radius 3 is 2.41 bits per heavy atom. The number of carbonyl (C=O) groups is 2. The number of ether oxygens (including phenoxy) is 1. The maximum atomic E-state index is 11.7. The molecule has 2 atom stereocenters. The fraction of sp³-hybridized carbons (Fsp3) is 0.833. The maximum absolute atomic E-state index is 11.7. The van der Waals surface area contributed by atoms with Gasteiger partial charge < -0.3 is 15.2 Å². The fourth-order valence-electron chi connectivity index (χ4n) is 1.83. The first-order valence-corrected chi connectivity index (χ1v) is 6.10. The number of rotatable bonds is 6. The molecule has 0 aromatic rings. The molecule has 1 amide bonds. The van der Waals surface area contributed by atoms with Crippen molar-refractivity contribution >= 4 is 11.9 Å². The molecule has 0 saturated heterocycles. The molecule has 0 aromatic carbocycles. The van der Waals surface area contributed by atoms with E-state index in [1.807, 2.05) is 6.92 Å². The third-order valence-corrected chi connectivity index (χ3v) is 3.40. The Bertz CT molecular complexity index is 286. The second-order valence-corrected chi connectivity index (χ2v) is 4.67. The van der Waals surface area contributed by atoms with Gasteiger partial charge in [-0.05, 0) is 19.8 Å². The van der Waals surface area contributed by atoms with E-state index in [2.05, 4.69) is 5.32 Å². The zero-order valence-electron chi connectivity index (χ0n) is 10.6. The van der Waals surface area contributed by atoms with Crippen LogP contribution < -0.4 is 5.32 Å². The summed E-state index contributed by atoms with van der Waals surface area (Å²) in [5.74, 6) is -2.27. The monoisotopic (exact) mass is 243 g/mol. The number of hydrogen-bond acceptors (Lipinski definition) is 3. The first-order chi connectivity index (χ1) is 7.95. The van der Waals surface area contributed by atoms with Crippen molar-refractivity contribution in [2.75, 3.05) is 6.61 Å².